The molecule has 0 bridgehead atoms. The summed E-state index contributed by atoms with van der Waals surface area (Å²) < 4.78 is 0. The first kappa shape index (κ1) is 17.0. The van der Waals surface area contributed by atoms with E-state index in [4.69, 9.17) is 11.6 Å². The van der Waals surface area contributed by atoms with Crippen molar-refractivity contribution in [2.75, 3.05) is 5.32 Å². The minimum absolute atomic E-state index is 0.714. The summed E-state index contributed by atoms with van der Waals surface area (Å²) in [4.78, 5) is 11.2. The molecule has 2 heterocycles. The second-order valence-electron chi connectivity index (χ2n) is 6.37. The Morgan fingerprint density at radius 3 is 2.42 bits per heavy atom. The molecule has 0 aliphatic rings. The van der Waals surface area contributed by atoms with Crippen LogP contribution < -0.4 is 5.32 Å². The number of thiophene rings is 1. The zero-order chi connectivity index (χ0) is 18.3. The van der Waals surface area contributed by atoms with Gasteiger partial charge in [-0.25, -0.2) is 9.97 Å². The van der Waals surface area contributed by atoms with Crippen LogP contribution in [0.3, 0.4) is 0 Å². The van der Waals surface area contributed by atoms with Crippen LogP contribution in [0.15, 0.2) is 48.8 Å². The Hall–Kier alpha value is -2.43. The minimum Gasteiger partial charge on any atom is -0.340 e. The standard InChI is InChI=1S/C21H18ClN3S/c1-12-4-5-15(10-13(12)2)18-14(3)26-21-19(18)20(23-11-24-21)25-17-8-6-16(22)7-9-17/h4-11H,1-3H3,(H,23,24,25). The molecule has 0 saturated carbocycles. The summed E-state index contributed by atoms with van der Waals surface area (Å²) in [7, 11) is 0. The third-order valence-electron chi connectivity index (χ3n) is 4.57. The van der Waals surface area contributed by atoms with Crippen LogP contribution in [0.5, 0.6) is 0 Å². The zero-order valence-corrected chi connectivity index (χ0v) is 16.4. The van der Waals surface area contributed by atoms with Gasteiger partial charge in [0.05, 0.1) is 5.39 Å². The largest absolute Gasteiger partial charge is 0.340 e. The van der Waals surface area contributed by atoms with Crippen molar-refractivity contribution >= 4 is 44.7 Å². The summed E-state index contributed by atoms with van der Waals surface area (Å²) in [5.74, 6) is 0.815. The Labute approximate surface area is 161 Å². The molecule has 0 amide bonds. The Morgan fingerprint density at radius 2 is 1.69 bits per heavy atom. The van der Waals surface area contributed by atoms with Gasteiger partial charge < -0.3 is 5.32 Å². The number of fused-ring (bicyclic) bond motifs is 1. The lowest BCUT2D eigenvalue weighted by Crippen LogP contribution is -1.95. The second-order valence-corrected chi connectivity index (χ2v) is 8.01. The molecule has 0 aliphatic carbocycles. The van der Waals surface area contributed by atoms with E-state index >= 15 is 0 Å². The van der Waals surface area contributed by atoms with E-state index in [1.807, 2.05) is 24.3 Å². The first-order valence-electron chi connectivity index (χ1n) is 8.37. The Balaban J connectivity index is 1.89. The number of benzene rings is 2. The number of aromatic nitrogens is 2. The number of nitrogens with one attached hydrogen (secondary N) is 1. The van der Waals surface area contributed by atoms with Gasteiger partial charge in [0.15, 0.2) is 0 Å². The molecule has 3 nitrogen and oxygen atoms in total. The molecule has 26 heavy (non-hydrogen) atoms. The molecule has 0 atom stereocenters. The molecular formula is C21H18ClN3S. The highest BCUT2D eigenvalue weighted by atomic mass is 35.5. The lowest BCUT2D eigenvalue weighted by atomic mass is 9.99. The van der Waals surface area contributed by atoms with Gasteiger partial charge in [0.25, 0.3) is 0 Å². The third-order valence-corrected chi connectivity index (χ3v) is 5.83. The van der Waals surface area contributed by atoms with Gasteiger partial charge in [-0.1, -0.05) is 29.8 Å². The van der Waals surface area contributed by atoms with Crippen molar-refractivity contribution in [3.05, 3.63) is 69.8 Å². The molecule has 0 radical (unpaired) electrons. The SMILES string of the molecule is Cc1ccc(-c2c(C)sc3ncnc(Nc4ccc(Cl)cc4)c23)cc1C. The van der Waals surface area contributed by atoms with Crippen molar-refractivity contribution < 1.29 is 0 Å². The van der Waals surface area contributed by atoms with Gasteiger partial charge in [-0.05, 0) is 61.7 Å². The van der Waals surface area contributed by atoms with Gasteiger partial charge in [-0.2, -0.15) is 0 Å². The van der Waals surface area contributed by atoms with Crippen molar-refractivity contribution in [1.29, 1.82) is 0 Å². The highest BCUT2D eigenvalue weighted by molar-refractivity contribution is 7.19. The Kier molecular flexibility index (Phi) is 4.39. The number of rotatable bonds is 3. The Morgan fingerprint density at radius 1 is 0.923 bits per heavy atom. The fraction of sp³-hybridized carbons (Fsp3) is 0.143. The summed E-state index contributed by atoms with van der Waals surface area (Å²) in [6, 6.07) is 14.2. The van der Waals surface area contributed by atoms with E-state index in [1.54, 1.807) is 17.7 Å². The molecule has 0 unspecified atom stereocenters. The maximum absolute atomic E-state index is 5.99. The van der Waals surface area contributed by atoms with E-state index in [0.29, 0.717) is 5.02 Å². The topological polar surface area (TPSA) is 37.8 Å². The average molecular weight is 380 g/mol. The number of hydrogen-bond acceptors (Lipinski definition) is 4. The third kappa shape index (κ3) is 3.06. The molecule has 4 rings (SSSR count). The first-order valence-corrected chi connectivity index (χ1v) is 9.56. The van der Waals surface area contributed by atoms with E-state index in [0.717, 1.165) is 21.7 Å². The molecule has 2 aromatic heterocycles. The number of nitrogens with zero attached hydrogens (tertiary/aromatic N) is 2. The van der Waals surface area contributed by atoms with Crippen molar-refractivity contribution in [2.45, 2.75) is 20.8 Å². The van der Waals surface area contributed by atoms with Gasteiger partial charge in [0.2, 0.25) is 0 Å². The van der Waals surface area contributed by atoms with Crippen molar-refractivity contribution in [3.8, 4) is 11.1 Å². The first-order chi connectivity index (χ1) is 12.5. The maximum Gasteiger partial charge on any atom is 0.143 e. The van der Waals surface area contributed by atoms with Crippen molar-refractivity contribution in [2.24, 2.45) is 0 Å². The Bertz CT molecular complexity index is 1100. The van der Waals surface area contributed by atoms with Crippen LogP contribution >= 0.6 is 22.9 Å². The predicted octanol–water partition coefficient (Wildman–Crippen LogP) is 6.68. The van der Waals surface area contributed by atoms with Crippen LogP contribution in [-0.2, 0) is 0 Å². The van der Waals surface area contributed by atoms with E-state index in [9.17, 15) is 0 Å². The predicted molar refractivity (Wildman–Crippen MR) is 112 cm³/mol. The monoisotopic (exact) mass is 379 g/mol. The molecule has 0 spiro atoms. The summed E-state index contributed by atoms with van der Waals surface area (Å²) in [5.41, 5.74) is 5.92. The number of halogens is 1. The smallest absolute Gasteiger partial charge is 0.143 e. The summed E-state index contributed by atoms with van der Waals surface area (Å²) in [5, 5.41) is 5.20. The minimum atomic E-state index is 0.714. The van der Waals surface area contributed by atoms with Crippen LogP contribution in [-0.4, -0.2) is 9.97 Å². The normalized spacial score (nSPS) is 11.1. The van der Waals surface area contributed by atoms with Crippen LogP contribution in [0.25, 0.3) is 21.3 Å². The van der Waals surface area contributed by atoms with Gasteiger partial charge in [0, 0.05) is 21.2 Å². The van der Waals surface area contributed by atoms with Gasteiger partial charge >= 0.3 is 0 Å². The van der Waals surface area contributed by atoms with E-state index in [-0.39, 0.29) is 0 Å². The molecule has 0 aliphatic heterocycles. The van der Waals surface area contributed by atoms with Crippen molar-refractivity contribution in [3.63, 3.8) is 0 Å². The number of anilines is 2. The molecular weight excluding hydrogens is 362 g/mol. The lowest BCUT2D eigenvalue weighted by Gasteiger charge is -2.10. The molecule has 0 fully saturated rings. The van der Waals surface area contributed by atoms with Gasteiger partial charge in [-0.3, -0.25) is 0 Å². The van der Waals surface area contributed by atoms with E-state index in [2.05, 4.69) is 54.3 Å². The number of aryl methyl sites for hydroxylation is 3. The van der Waals surface area contributed by atoms with Crippen LogP contribution in [0.2, 0.25) is 5.02 Å². The summed E-state index contributed by atoms with van der Waals surface area (Å²) in [6.45, 7) is 6.42. The van der Waals surface area contributed by atoms with Gasteiger partial charge in [-0.15, -0.1) is 11.3 Å². The zero-order valence-electron chi connectivity index (χ0n) is 14.8. The highest BCUT2D eigenvalue weighted by Crippen LogP contribution is 2.41. The van der Waals surface area contributed by atoms with Crippen LogP contribution in [0, 0.1) is 20.8 Å². The maximum atomic E-state index is 5.99. The highest BCUT2D eigenvalue weighted by Gasteiger charge is 2.17. The van der Waals surface area contributed by atoms with E-state index in [1.165, 1.54) is 27.1 Å². The van der Waals surface area contributed by atoms with Crippen molar-refractivity contribution in [1.82, 2.24) is 9.97 Å². The van der Waals surface area contributed by atoms with Gasteiger partial charge in [0.1, 0.15) is 17.0 Å². The molecule has 5 heteroatoms. The number of hydrogen-bond donors (Lipinski definition) is 1. The molecule has 2 aromatic carbocycles. The van der Waals surface area contributed by atoms with Crippen LogP contribution in [0.4, 0.5) is 11.5 Å². The summed E-state index contributed by atoms with van der Waals surface area (Å²) in [6.07, 6.45) is 1.61. The second kappa shape index (κ2) is 6.71. The molecule has 130 valence electrons. The fourth-order valence-corrected chi connectivity index (χ4v) is 4.19. The average Bonchev–Trinajstić information content (AvgIpc) is 2.96. The summed E-state index contributed by atoms with van der Waals surface area (Å²) >= 11 is 7.69. The lowest BCUT2D eigenvalue weighted by molar-refractivity contribution is 1.23. The quantitative estimate of drug-likeness (QED) is 0.431. The fourth-order valence-electron chi connectivity index (χ4n) is 3.05. The molecule has 0 saturated heterocycles. The van der Waals surface area contributed by atoms with Crippen LogP contribution in [0.1, 0.15) is 16.0 Å². The van der Waals surface area contributed by atoms with E-state index < -0.39 is 0 Å². The molecule has 4 aromatic rings. The molecule has 1 N–H and O–H groups in total.